The average Bonchev–Trinajstić information content (AvgIpc) is 3.28. The quantitative estimate of drug-likeness (QED) is 0.0346. The molecule has 0 aliphatic heterocycles. The van der Waals surface area contributed by atoms with Gasteiger partial charge < -0.3 is 23.7 Å². The average molecular weight is 819 g/mol. The van der Waals surface area contributed by atoms with Crippen LogP contribution in [0.1, 0.15) is 175 Å². The topological polar surface area (TPSA) is 63.2 Å². The summed E-state index contributed by atoms with van der Waals surface area (Å²) in [4.78, 5) is 13.2. The maximum absolute atomic E-state index is 13.2. The highest BCUT2D eigenvalue weighted by Gasteiger charge is 2.15. The number of ether oxygens (including phenoxy) is 5. The molecule has 0 aromatic heterocycles. The zero-order valence-electron chi connectivity index (χ0n) is 37.1. The molecule has 0 fully saturated rings. The minimum atomic E-state index is -0.434. The monoisotopic (exact) mass is 819 g/mol. The van der Waals surface area contributed by atoms with Gasteiger partial charge in [-0.25, -0.2) is 4.79 Å². The molecule has 4 rings (SSSR count). The van der Waals surface area contributed by atoms with Crippen molar-refractivity contribution in [3.63, 3.8) is 0 Å². The Balaban J connectivity index is 1.25. The number of unbranched alkanes of at least 4 members (excludes halogenated alkanes) is 18. The Morgan fingerprint density at radius 3 is 1.30 bits per heavy atom. The van der Waals surface area contributed by atoms with Crippen molar-refractivity contribution in [2.24, 2.45) is 0 Å². The van der Waals surface area contributed by atoms with E-state index in [2.05, 4.69) is 20.4 Å². The van der Waals surface area contributed by atoms with Gasteiger partial charge in [0.1, 0.15) is 31.3 Å². The van der Waals surface area contributed by atoms with Gasteiger partial charge in [0.25, 0.3) is 0 Å². The first-order valence-corrected chi connectivity index (χ1v) is 23.3. The summed E-state index contributed by atoms with van der Waals surface area (Å²) in [5.74, 6) is 2.31. The normalized spacial score (nSPS) is 11.0. The summed E-state index contributed by atoms with van der Waals surface area (Å²) in [5.41, 5.74) is 4.29. The largest absolute Gasteiger partial charge is 0.494 e. The Hall–Kier alpha value is -4.71. The lowest BCUT2D eigenvalue weighted by molar-refractivity contribution is 0.0472. The number of benzene rings is 4. The van der Waals surface area contributed by atoms with Crippen molar-refractivity contribution in [3.8, 4) is 23.0 Å². The Bertz CT molecular complexity index is 1710. The summed E-state index contributed by atoms with van der Waals surface area (Å²) in [7, 11) is 0. The molecule has 6 nitrogen and oxygen atoms in total. The van der Waals surface area contributed by atoms with E-state index in [1.807, 2.05) is 72.8 Å². The zero-order valence-corrected chi connectivity index (χ0v) is 37.1. The summed E-state index contributed by atoms with van der Waals surface area (Å²) in [6.45, 7) is 10.6. The number of rotatable bonds is 34. The van der Waals surface area contributed by atoms with Crippen molar-refractivity contribution >= 4 is 12.0 Å². The number of carbonyl (C=O) groups excluding carboxylic acids is 1. The van der Waals surface area contributed by atoms with E-state index in [0.717, 1.165) is 59.8 Å². The van der Waals surface area contributed by atoms with Gasteiger partial charge in [0, 0.05) is 0 Å². The third-order valence-corrected chi connectivity index (χ3v) is 10.9. The number of hydrogen-bond donors (Lipinski definition) is 0. The Labute approximate surface area is 363 Å². The molecule has 0 heterocycles. The van der Waals surface area contributed by atoms with Gasteiger partial charge in [-0.05, 0) is 77.6 Å². The molecule has 0 N–H and O–H groups in total. The van der Waals surface area contributed by atoms with E-state index in [1.54, 1.807) is 24.3 Å². The predicted molar refractivity (Wildman–Crippen MR) is 248 cm³/mol. The Morgan fingerprint density at radius 1 is 0.450 bits per heavy atom. The molecule has 0 aliphatic carbocycles. The lowest BCUT2D eigenvalue weighted by Gasteiger charge is -2.15. The highest BCUT2D eigenvalue weighted by Crippen LogP contribution is 2.31. The third kappa shape index (κ3) is 20.0. The third-order valence-electron chi connectivity index (χ3n) is 10.9. The SMILES string of the molecule is C=Cc1ccc(COC(=O)c2ccc(OCc3ccc(OCCCCCCCCCCCC)cc3)c(OCc3ccc(OCCCCCCCCCCCC)cc3)c2)cc1. The molecule has 0 amide bonds. The van der Waals surface area contributed by atoms with E-state index in [9.17, 15) is 4.79 Å². The highest BCUT2D eigenvalue weighted by atomic mass is 16.5. The highest BCUT2D eigenvalue weighted by molar-refractivity contribution is 5.90. The van der Waals surface area contributed by atoms with Gasteiger partial charge in [0.05, 0.1) is 18.8 Å². The van der Waals surface area contributed by atoms with Gasteiger partial charge in [-0.1, -0.05) is 191 Å². The second-order valence-corrected chi connectivity index (χ2v) is 16.1. The summed E-state index contributed by atoms with van der Waals surface area (Å²) in [6, 6.07) is 29.0. The number of esters is 1. The molecule has 6 heteroatoms. The van der Waals surface area contributed by atoms with Crippen LogP contribution < -0.4 is 18.9 Å². The summed E-state index contributed by atoms with van der Waals surface area (Å²) >= 11 is 0. The lowest BCUT2D eigenvalue weighted by atomic mass is 10.1. The van der Waals surface area contributed by atoms with Crippen LogP contribution >= 0.6 is 0 Å². The summed E-state index contributed by atoms with van der Waals surface area (Å²) in [5, 5.41) is 0. The van der Waals surface area contributed by atoms with Gasteiger partial charge in [-0.2, -0.15) is 0 Å². The van der Waals surface area contributed by atoms with E-state index in [0.29, 0.717) is 30.3 Å². The predicted octanol–water partition coefficient (Wildman–Crippen LogP) is 15.4. The van der Waals surface area contributed by atoms with Crippen molar-refractivity contribution < 1.29 is 28.5 Å². The fourth-order valence-corrected chi connectivity index (χ4v) is 7.09. The molecule has 0 unspecified atom stereocenters. The van der Waals surface area contributed by atoms with Gasteiger partial charge in [0.15, 0.2) is 11.5 Å². The molecular weight excluding hydrogens is 745 g/mol. The lowest BCUT2D eigenvalue weighted by Crippen LogP contribution is -2.07. The van der Waals surface area contributed by atoms with Crippen LogP contribution in [0.5, 0.6) is 23.0 Å². The van der Waals surface area contributed by atoms with Crippen LogP contribution in [0.2, 0.25) is 0 Å². The maximum atomic E-state index is 13.2. The minimum absolute atomic E-state index is 0.164. The zero-order chi connectivity index (χ0) is 42.3. The van der Waals surface area contributed by atoms with E-state index < -0.39 is 5.97 Å². The van der Waals surface area contributed by atoms with Gasteiger partial charge in [0.2, 0.25) is 0 Å². The Kier molecular flexibility index (Phi) is 24.2. The van der Waals surface area contributed by atoms with Crippen LogP contribution in [0.3, 0.4) is 0 Å². The van der Waals surface area contributed by atoms with Crippen molar-refractivity contribution in [1.29, 1.82) is 0 Å². The second-order valence-electron chi connectivity index (χ2n) is 16.1. The second kappa shape index (κ2) is 30.3. The molecule has 0 radical (unpaired) electrons. The first-order chi connectivity index (χ1) is 29.6. The number of carbonyl (C=O) groups is 1. The van der Waals surface area contributed by atoms with E-state index in [1.165, 1.54) is 116 Å². The molecule has 0 saturated carbocycles. The van der Waals surface area contributed by atoms with Crippen molar-refractivity contribution in [2.75, 3.05) is 13.2 Å². The van der Waals surface area contributed by atoms with Gasteiger partial charge in [-0.3, -0.25) is 0 Å². The summed E-state index contributed by atoms with van der Waals surface area (Å²) < 4.78 is 30.3. The van der Waals surface area contributed by atoms with Crippen LogP contribution in [-0.4, -0.2) is 19.2 Å². The number of hydrogen-bond acceptors (Lipinski definition) is 6. The molecule has 4 aromatic carbocycles. The molecule has 0 spiro atoms. The Morgan fingerprint density at radius 2 is 0.850 bits per heavy atom. The van der Waals surface area contributed by atoms with Crippen LogP contribution in [0.15, 0.2) is 97.6 Å². The molecule has 326 valence electrons. The van der Waals surface area contributed by atoms with Crippen LogP contribution in [0, 0.1) is 0 Å². The van der Waals surface area contributed by atoms with Crippen molar-refractivity contribution in [1.82, 2.24) is 0 Å². The minimum Gasteiger partial charge on any atom is -0.494 e. The van der Waals surface area contributed by atoms with Crippen LogP contribution in [0.4, 0.5) is 0 Å². The van der Waals surface area contributed by atoms with E-state index in [-0.39, 0.29) is 6.61 Å². The standard InChI is InChI=1S/C54H74O6/c1-4-7-9-11-13-15-17-19-21-23-39-56-50-34-29-47(30-35-50)42-58-52-38-33-49(54(55)60-44-46-27-25-45(6-3)26-28-46)41-53(52)59-43-48-31-36-51(37-32-48)57-40-24-22-20-18-16-14-12-10-8-5-2/h6,25-38,41H,3-5,7-24,39-40,42-44H2,1-2H3. The summed E-state index contributed by atoms with van der Waals surface area (Å²) in [6.07, 6.45) is 27.9. The molecule has 0 saturated heterocycles. The maximum Gasteiger partial charge on any atom is 0.338 e. The smallest absolute Gasteiger partial charge is 0.338 e. The fraction of sp³-hybridized carbons (Fsp3) is 0.500. The van der Waals surface area contributed by atoms with Gasteiger partial charge >= 0.3 is 5.97 Å². The molecule has 60 heavy (non-hydrogen) atoms. The molecule has 0 bridgehead atoms. The fourth-order valence-electron chi connectivity index (χ4n) is 7.09. The molecule has 0 atom stereocenters. The molecule has 4 aromatic rings. The van der Waals surface area contributed by atoms with E-state index >= 15 is 0 Å². The first kappa shape index (κ1) is 48.0. The first-order valence-electron chi connectivity index (χ1n) is 23.3. The van der Waals surface area contributed by atoms with Crippen molar-refractivity contribution in [3.05, 3.63) is 125 Å². The molecular formula is C54H74O6. The molecule has 0 aliphatic rings. The van der Waals surface area contributed by atoms with Crippen LogP contribution in [0.25, 0.3) is 6.08 Å². The van der Waals surface area contributed by atoms with Gasteiger partial charge in [-0.15, -0.1) is 0 Å². The van der Waals surface area contributed by atoms with Crippen LogP contribution in [-0.2, 0) is 24.6 Å². The van der Waals surface area contributed by atoms with Crippen molar-refractivity contribution in [2.45, 2.75) is 162 Å². The van der Waals surface area contributed by atoms with E-state index in [4.69, 9.17) is 23.7 Å².